The van der Waals surface area contributed by atoms with Crippen LogP contribution in [0.4, 0.5) is 0 Å². The van der Waals surface area contributed by atoms with Gasteiger partial charge in [-0.1, -0.05) is 26.0 Å². The highest BCUT2D eigenvalue weighted by molar-refractivity contribution is 5.76. The van der Waals surface area contributed by atoms with Gasteiger partial charge in [0, 0.05) is 18.8 Å². The third-order valence-electron chi connectivity index (χ3n) is 4.27. The molecular weight excluding hydrogens is 316 g/mol. The van der Waals surface area contributed by atoms with E-state index in [4.69, 9.17) is 9.47 Å². The van der Waals surface area contributed by atoms with Gasteiger partial charge in [-0.2, -0.15) is 0 Å². The molecule has 0 spiro atoms. The summed E-state index contributed by atoms with van der Waals surface area (Å²) in [6.45, 7) is 5.33. The van der Waals surface area contributed by atoms with E-state index in [2.05, 4.69) is 24.1 Å². The highest BCUT2D eigenvalue weighted by atomic mass is 16.6. The Labute approximate surface area is 148 Å². The number of pyridine rings is 1. The van der Waals surface area contributed by atoms with Gasteiger partial charge in [-0.05, 0) is 41.7 Å². The predicted molar refractivity (Wildman–Crippen MR) is 95.7 cm³/mol. The van der Waals surface area contributed by atoms with Crippen LogP contribution in [0.2, 0.25) is 0 Å². The van der Waals surface area contributed by atoms with Gasteiger partial charge < -0.3 is 14.8 Å². The molecule has 3 rings (SSSR count). The van der Waals surface area contributed by atoms with E-state index < -0.39 is 0 Å². The Bertz CT molecular complexity index is 716. The third kappa shape index (κ3) is 4.50. The average Bonchev–Trinajstić information content (AvgIpc) is 2.64. The van der Waals surface area contributed by atoms with Crippen molar-refractivity contribution in [1.82, 2.24) is 10.3 Å². The Morgan fingerprint density at radius 3 is 2.72 bits per heavy atom. The van der Waals surface area contributed by atoms with Gasteiger partial charge >= 0.3 is 0 Å². The third-order valence-corrected chi connectivity index (χ3v) is 4.27. The minimum Gasteiger partial charge on any atom is -0.486 e. The molecule has 0 fully saturated rings. The van der Waals surface area contributed by atoms with Gasteiger partial charge in [0.25, 0.3) is 0 Å². The van der Waals surface area contributed by atoms with Crippen LogP contribution in [0.5, 0.6) is 11.5 Å². The molecule has 0 aliphatic carbocycles. The van der Waals surface area contributed by atoms with Crippen LogP contribution in [0.15, 0.2) is 42.7 Å². The molecule has 2 aromatic rings. The number of amides is 1. The molecular formula is C20H24N2O3. The number of carbonyl (C=O) groups excluding carboxylic acids is 1. The second-order valence-corrected chi connectivity index (χ2v) is 6.55. The van der Waals surface area contributed by atoms with Crippen LogP contribution in [0.3, 0.4) is 0 Å². The Morgan fingerprint density at radius 2 is 2.00 bits per heavy atom. The van der Waals surface area contributed by atoms with Gasteiger partial charge in [0.1, 0.15) is 13.2 Å². The van der Waals surface area contributed by atoms with E-state index in [0.29, 0.717) is 26.1 Å². The normalized spacial score (nSPS) is 14.2. The quantitative estimate of drug-likeness (QED) is 0.876. The number of ether oxygens (including phenoxy) is 2. The van der Waals surface area contributed by atoms with E-state index in [9.17, 15) is 4.79 Å². The number of aryl methyl sites for hydroxylation is 1. The Kier molecular flexibility index (Phi) is 5.53. The minimum absolute atomic E-state index is 0.0393. The zero-order chi connectivity index (χ0) is 17.6. The lowest BCUT2D eigenvalue weighted by atomic mass is 9.95. The van der Waals surface area contributed by atoms with Crippen molar-refractivity contribution in [2.45, 2.75) is 32.7 Å². The molecule has 0 saturated carbocycles. The fourth-order valence-electron chi connectivity index (χ4n) is 2.94. The number of benzene rings is 1. The summed E-state index contributed by atoms with van der Waals surface area (Å²) in [5.74, 6) is 1.82. The molecule has 0 radical (unpaired) electrons. The predicted octanol–water partition coefficient (Wildman–Crippen LogP) is 3.30. The van der Waals surface area contributed by atoms with Crippen LogP contribution < -0.4 is 14.8 Å². The van der Waals surface area contributed by atoms with E-state index in [-0.39, 0.29) is 17.9 Å². The summed E-state index contributed by atoms with van der Waals surface area (Å²) in [7, 11) is 0. The summed E-state index contributed by atoms with van der Waals surface area (Å²) in [5, 5.41) is 3.15. The van der Waals surface area contributed by atoms with Gasteiger partial charge in [0.15, 0.2) is 11.5 Å². The summed E-state index contributed by atoms with van der Waals surface area (Å²) in [6, 6.07) is 9.71. The van der Waals surface area contributed by atoms with Crippen molar-refractivity contribution < 1.29 is 14.3 Å². The Hall–Kier alpha value is -2.56. The van der Waals surface area contributed by atoms with Crippen molar-refractivity contribution in [2.24, 2.45) is 5.92 Å². The summed E-state index contributed by atoms with van der Waals surface area (Å²) in [6.07, 6.45) is 4.67. The molecule has 1 N–H and O–H groups in total. The molecule has 1 aliphatic rings. The van der Waals surface area contributed by atoms with E-state index in [1.807, 2.05) is 30.3 Å². The van der Waals surface area contributed by atoms with Crippen molar-refractivity contribution in [1.29, 1.82) is 0 Å². The fourth-order valence-corrected chi connectivity index (χ4v) is 2.94. The zero-order valence-electron chi connectivity index (χ0n) is 14.7. The first-order valence-electron chi connectivity index (χ1n) is 8.71. The van der Waals surface area contributed by atoms with Crippen LogP contribution in [0.1, 0.15) is 37.4 Å². The van der Waals surface area contributed by atoms with Crippen LogP contribution >= 0.6 is 0 Å². The van der Waals surface area contributed by atoms with Crippen molar-refractivity contribution in [3.8, 4) is 11.5 Å². The summed E-state index contributed by atoms with van der Waals surface area (Å²) < 4.78 is 11.2. The molecule has 1 aromatic heterocycles. The molecule has 1 atom stereocenters. The minimum atomic E-state index is -0.0581. The monoisotopic (exact) mass is 340 g/mol. The highest BCUT2D eigenvalue weighted by Gasteiger charge is 2.21. The lowest BCUT2D eigenvalue weighted by Gasteiger charge is -2.25. The van der Waals surface area contributed by atoms with E-state index in [1.54, 1.807) is 12.4 Å². The fraction of sp³-hybridized carbons (Fsp3) is 0.400. The van der Waals surface area contributed by atoms with E-state index in [0.717, 1.165) is 22.6 Å². The molecule has 132 valence electrons. The molecule has 5 nitrogen and oxygen atoms in total. The highest BCUT2D eigenvalue weighted by Crippen LogP contribution is 2.34. The number of hydrogen-bond acceptors (Lipinski definition) is 4. The lowest BCUT2D eigenvalue weighted by molar-refractivity contribution is -0.122. The molecule has 1 unspecified atom stereocenters. The van der Waals surface area contributed by atoms with Crippen LogP contribution in [-0.2, 0) is 11.2 Å². The number of hydrogen-bond donors (Lipinski definition) is 1. The van der Waals surface area contributed by atoms with E-state index in [1.165, 1.54) is 0 Å². The summed E-state index contributed by atoms with van der Waals surface area (Å²) in [4.78, 5) is 16.5. The largest absolute Gasteiger partial charge is 0.486 e. The lowest BCUT2D eigenvalue weighted by Crippen LogP contribution is -2.32. The number of nitrogens with one attached hydrogen (secondary N) is 1. The van der Waals surface area contributed by atoms with Crippen molar-refractivity contribution in [2.75, 3.05) is 13.2 Å². The van der Waals surface area contributed by atoms with Gasteiger partial charge in [-0.25, -0.2) is 0 Å². The molecule has 25 heavy (non-hydrogen) atoms. The molecule has 1 aromatic carbocycles. The molecule has 5 heteroatoms. The molecule has 0 bridgehead atoms. The molecule has 1 amide bonds. The Balaban J connectivity index is 1.65. The van der Waals surface area contributed by atoms with Gasteiger partial charge in [-0.3, -0.25) is 9.78 Å². The maximum atomic E-state index is 12.4. The van der Waals surface area contributed by atoms with Gasteiger partial charge in [-0.15, -0.1) is 0 Å². The number of nitrogens with zero attached hydrogens (tertiary/aromatic N) is 1. The van der Waals surface area contributed by atoms with Gasteiger partial charge in [0.2, 0.25) is 5.91 Å². The number of rotatable bonds is 6. The summed E-state index contributed by atoms with van der Waals surface area (Å²) in [5.41, 5.74) is 2.10. The standard InChI is InChI=1S/C20H24N2O3/c1-14(2)20(16-6-7-17-18(12-16)25-11-10-24-17)22-19(23)8-5-15-4-3-9-21-13-15/h3-4,6-7,9,12-14,20H,5,8,10-11H2,1-2H3,(H,22,23). The van der Waals surface area contributed by atoms with Crippen LogP contribution in [0.25, 0.3) is 0 Å². The topological polar surface area (TPSA) is 60.5 Å². The first-order chi connectivity index (χ1) is 12.1. The van der Waals surface area contributed by atoms with Crippen molar-refractivity contribution >= 4 is 5.91 Å². The van der Waals surface area contributed by atoms with Crippen LogP contribution in [-0.4, -0.2) is 24.1 Å². The number of fused-ring (bicyclic) bond motifs is 1. The summed E-state index contributed by atoms with van der Waals surface area (Å²) >= 11 is 0. The van der Waals surface area contributed by atoms with Crippen molar-refractivity contribution in [3.05, 3.63) is 53.9 Å². The first-order valence-corrected chi connectivity index (χ1v) is 8.71. The second-order valence-electron chi connectivity index (χ2n) is 6.55. The zero-order valence-corrected chi connectivity index (χ0v) is 14.7. The molecule has 0 saturated heterocycles. The SMILES string of the molecule is CC(C)C(NC(=O)CCc1cccnc1)c1ccc2c(c1)OCCO2. The maximum Gasteiger partial charge on any atom is 0.220 e. The Morgan fingerprint density at radius 1 is 1.20 bits per heavy atom. The maximum absolute atomic E-state index is 12.4. The van der Waals surface area contributed by atoms with E-state index >= 15 is 0 Å². The van der Waals surface area contributed by atoms with Crippen molar-refractivity contribution in [3.63, 3.8) is 0 Å². The molecule has 1 aliphatic heterocycles. The second kappa shape index (κ2) is 8.01. The smallest absolute Gasteiger partial charge is 0.220 e. The number of aromatic nitrogens is 1. The van der Waals surface area contributed by atoms with Crippen LogP contribution in [0, 0.1) is 5.92 Å². The molecule has 2 heterocycles. The first kappa shape index (κ1) is 17.3. The van der Waals surface area contributed by atoms with Gasteiger partial charge in [0.05, 0.1) is 6.04 Å². The average molecular weight is 340 g/mol. The number of carbonyl (C=O) groups is 1.